The van der Waals surface area contributed by atoms with Crippen molar-refractivity contribution >= 4 is 22.7 Å². The van der Waals surface area contributed by atoms with Gasteiger partial charge in [-0.05, 0) is 13.8 Å². The molecule has 0 atom stereocenters. The van der Waals surface area contributed by atoms with Crippen LogP contribution in [0.2, 0.25) is 0 Å². The van der Waals surface area contributed by atoms with Crippen molar-refractivity contribution in [2.24, 2.45) is 0 Å². The number of ether oxygens (including phenoxy) is 2. The van der Waals surface area contributed by atoms with Gasteiger partial charge < -0.3 is 9.47 Å². The minimum absolute atomic E-state index is 0.245. The van der Waals surface area contributed by atoms with Crippen molar-refractivity contribution in [1.29, 1.82) is 0 Å². The summed E-state index contributed by atoms with van der Waals surface area (Å²) in [7, 11) is -1.53. The Morgan fingerprint density at radius 3 is 1.64 bits per heavy atom. The summed E-state index contributed by atoms with van der Waals surface area (Å²) in [5.41, 5.74) is 0. The number of hydrogen-bond acceptors (Lipinski definition) is 5. The van der Waals surface area contributed by atoms with Gasteiger partial charge in [-0.1, -0.05) is 0 Å². The highest BCUT2D eigenvalue weighted by Crippen LogP contribution is 1.89. The second kappa shape index (κ2) is 7.49. The molecule has 0 saturated heterocycles. The third-order valence-corrected chi connectivity index (χ3v) is 2.28. The average molecular weight is 222 g/mol. The second-order valence-corrected chi connectivity index (χ2v) is 3.80. The molecule has 0 aliphatic carbocycles. The van der Waals surface area contributed by atoms with Gasteiger partial charge in [0.05, 0.1) is 13.2 Å². The van der Waals surface area contributed by atoms with Crippen molar-refractivity contribution < 1.29 is 23.3 Å². The van der Waals surface area contributed by atoms with Crippen LogP contribution < -0.4 is 0 Å². The van der Waals surface area contributed by atoms with Gasteiger partial charge in [0.1, 0.15) is 11.5 Å². The van der Waals surface area contributed by atoms with Gasteiger partial charge in [-0.15, -0.1) is 0 Å². The summed E-state index contributed by atoms with van der Waals surface area (Å²) >= 11 is 0. The van der Waals surface area contributed by atoms with Crippen LogP contribution in [0.15, 0.2) is 0 Å². The molecule has 0 aliphatic heterocycles. The predicted molar refractivity (Wildman–Crippen MR) is 51.1 cm³/mol. The van der Waals surface area contributed by atoms with E-state index in [0.29, 0.717) is 0 Å². The first-order valence-corrected chi connectivity index (χ1v) is 5.75. The zero-order valence-corrected chi connectivity index (χ0v) is 9.09. The largest absolute Gasteiger partial charge is 0.465 e. The van der Waals surface area contributed by atoms with Crippen LogP contribution in [0.3, 0.4) is 0 Å². The van der Waals surface area contributed by atoms with E-state index in [9.17, 15) is 13.8 Å². The van der Waals surface area contributed by atoms with E-state index in [-0.39, 0.29) is 24.7 Å². The Kier molecular flexibility index (Phi) is 7.00. The molecule has 0 aliphatic rings. The quantitative estimate of drug-likeness (QED) is 0.585. The molecule has 0 spiro atoms. The minimum Gasteiger partial charge on any atom is -0.465 e. The normalized spacial score (nSPS) is 9.93. The molecule has 0 fully saturated rings. The molecular weight excluding hydrogens is 208 g/mol. The van der Waals surface area contributed by atoms with Crippen molar-refractivity contribution in [1.82, 2.24) is 0 Å². The summed E-state index contributed by atoms with van der Waals surface area (Å²) < 4.78 is 20.3. The third-order valence-electron chi connectivity index (χ3n) is 1.17. The first-order chi connectivity index (χ1) is 6.60. The van der Waals surface area contributed by atoms with Crippen LogP contribution in [-0.4, -0.2) is 40.9 Å². The molecule has 0 radical (unpaired) electrons. The first-order valence-electron chi connectivity index (χ1n) is 4.26. The van der Waals surface area contributed by atoms with E-state index in [1.54, 1.807) is 13.8 Å². The lowest BCUT2D eigenvalue weighted by molar-refractivity contribution is -0.140. The minimum atomic E-state index is -1.53. The summed E-state index contributed by atoms with van der Waals surface area (Å²) in [6, 6.07) is 0. The van der Waals surface area contributed by atoms with Gasteiger partial charge in [-0.25, -0.2) is 0 Å². The van der Waals surface area contributed by atoms with Gasteiger partial charge in [0.25, 0.3) is 0 Å². The van der Waals surface area contributed by atoms with Crippen molar-refractivity contribution in [3.63, 3.8) is 0 Å². The van der Waals surface area contributed by atoms with Gasteiger partial charge in [-0.3, -0.25) is 13.8 Å². The van der Waals surface area contributed by atoms with Crippen molar-refractivity contribution in [3.8, 4) is 0 Å². The van der Waals surface area contributed by atoms with Crippen molar-refractivity contribution in [2.45, 2.75) is 13.8 Å². The molecule has 0 aromatic rings. The van der Waals surface area contributed by atoms with Crippen LogP contribution in [0.1, 0.15) is 13.8 Å². The fraction of sp³-hybridized carbons (Fsp3) is 0.750. The highest BCUT2D eigenvalue weighted by Gasteiger charge is 2.13. The standard InChI is InChI=1S/C8H14O5S/c1-3-12-7(9)5-14(11)6-8(10)13-4-2/h3-6H2,1-2H3. The molecule has 0 rings (SSSR count). The molecule has 0 heterocycles. The number of carbonyl (C=O) groups is 2. The van der Waals surface area contributed by atoms with E-state index in [1.807, 2.05) is 0 Å². The van der Waals surface area contributed by atoms with Gasteiger partial charge >= 0.3 is 11.9 Å². The van der Waals surface area contributed by atoms with E-state index in [1.165, 1.54) is 0 Å². The predicted octanol–water partition coefficient (Wildman–Crippen LogP) is -0.139. The van der Waals surface area contributed by atoms with E-state index < -0.39 is 22.7 Å². The van der Waals surface area contributed by atoms with Crippen LogP contribution in [0.25, 0.3) is 0 Å². The monoisotopic (exact) mass is 222 g/mol. The maximum Gasteiger partial charge on any atom is 0.318 e. The van der Waals surface area contributed by atoms with E-state index in [0.717, 1.165) is 0 Å². The Bertz CT molecular complexity index is 204. The number of carbonyl (C=O) groups excluding carboxylic acids is 2. The zero-order valence-electron chi connectivity index (χ0n) is 8.28. The summed E-state index contributed by atoms with van der Waals surface area (Å²) in [4.78, 5) is 21.7. The molecule has 0 aromatic heterocycles. The van der Waals surface area contributed by atoms with Crippen molar-refractivity contribution in [2.75, 3.05) is 24.7 Å². The van der Waals surface area contributed by atoms with Crippen LogP contribution in [0, 0.1) is 0 Å². The van der Waals surface area contributed by atoms with Crippen molar-refractivity contribution in [3.05, 3.63) is 0 Å². The topological polar surface area (TPSA) is 69.7 Å². The van der Waals surface area contributed by atoms with Gasteiger partial charge in [0.2, 0.25) is 0 Å². The molecule has 0 unspecified atom stereocenters. The fourth-order valence-corrected chi connectivity index (χ4v) is 1.51. The van der Waals surface area contributed by atoms with Crippen LogP contribution in [-0.2, 0) is 29.9 Å². The van der Waals surface area contributed by atoms with Gasteiger partial charge in [0.15, 0.2) is 0 Å². The lowest BCUT2D eigenvalue weighted by Gasteiger charge is -2.02. The molecule has 5 nitrogen and oxygen atoms in total. The van der Waals surface area contributed by atoms with Crippen LogP contribution in [0.4, 0.5) is 0 Å². The van der Waals surface area contributed by atoms with Gasteiger partial charge in [-0.2, -0.15) is 0 Å². The highest BCUT2D eigenvalue weighted by molar-refractivity contribution is 7.86. The summed E-state index contributed by atoms with van der Waals surface area (Å²) in [5, 5.41) is 0. The highest BCUT2D eigenvalue weighted by atomic mass is 32.2. The molecule has 0 amide bonds. The molecule has 6 heteroatoms. The van der Waals surface area contributed by atoms with E-state index in [4.69, 9.17) is 0 Å². The Balaban J connectivity index is 3.75. The third kappa shape index (κ3) is 6.59. The first kappa shape index (κ1) is 13.1. The Labute approximate surface area is 85.2 Å². The smallest absolute Gasteiger partial charge is 0.318 e. The number of hydrogen-bond donors (Lipinski definition) is 0. The molecule has 82 valence electrons. The Hall–Kier alpha value is -0.910. The second-order valence-electron chi connectivity index (χ2n) is 2.34. The summed E-state index contributed by atoms with van der Waals surface area (Å²) in [6.07, 6.45) is 0. The van der Waals surface area contributed by atoms with Crippen LogP contribution in [0.5, 0.6) is 0 Å². The fourth-order valence-electron chi connectivity index (χ4n) is 0.719. The maximum absolute atomic E-state index is 11.1. The molecular formula is C8H14O5S. The molecule has 0 aromatic carbocycles. The zero-order chi connectivity index (χ0) is 11.0. The van der Waals surface area contributed by atoms with Crippen LogP contribution >= 0.6 is 0 Å². The lowest BCUT2D eigenvalue weighted by Crippen LogP contribution is -2.21. The molecule has 0 bridgehead atoms. The Morgan fingerprint density at radius 2 is 1.36 bits per heavy atom. The molecule has 0 N–H and O–H groups in total. The summed E-state index contributed by atoms with van der Waals surface area (Å²) in [5.74, 6) is -1.63. The molecule has 0 saturated carbocycles. The van der Waals surface area contributed by atoms with E-state index in [2.05, 4.69) is 9.47 Å². The summed E-state index contributed by atoms with van der Waals surface area (Å²) in [6.45, 7) is 3.81. The SMILES string of the molecule is CCOC(=O)CS(=O)CC(=O)OCC. The Morgan fingerprint density at radius 1 is 1.00 bits per heavy atom. The molecule has 14 heavy (non-hydrogen) atoms. The van der Waals surface area contributed by atoms with E-state index >= 15 is 0 Å². The van der Waals surface area contributed by atoms with Gasteiger partial charge in [0, 0.05) is 10.8 Å². The number of esters is 2. The lowest BCUT2D eigenvalue weighted by atomic mass is 10.7. The maximum atomic E-state index is 11.1. The average Bonchev–Trinajstić information content (AvgIpc) is 2.03. The number of rotatable bonds is 6.